The van der Waals surface area contributed by atoms with Gasteiger partial charge in [0.25, 0.3) is 0 Å². The predicted molar refractivity (Wildman–Crippen MR) is 75.6 cm³/mol. The molecule has 0 unspecified atom stereocenters. The van der Waals surface area contributed by atoms with E-state index in [2.05, 4.69) is 15.3 Å². The summed E-state index contributed by atoms with van der Waals surface area (Å²) in [6.07, 6.45) is 1.59. The van der Waals surface area contributed by atoms with E-state index in [1.807, 2.05) is 0 Å². The number of nitrogen functional groups attached to an aromatic ring is 1. The fourth-order valence-electron chi connectivity index (χ4n) is 2.10. The number of nitrogens with one attached hydrogen (secondary N) is 1. The van der Waals surface area contributed by atoms with Gasteiger partial charge in [-0.1, -0.05) is 17.7 Å². The normalized spacial score (nSPS) is 10.9. The molecular formula is C13H11ClFN5. The Morgan fingerprint density at radius 1 is 1.30 bits per heavy atom. The van der Waals surface area contributed by atoms with E-state index in [0.717, 1.165) is 0 Å². The maximum atomic E-state index is 14.1. The Labute approximate surface area is 119 Å². The van der Waals surface area contributed by atoms with E-state index in [9.17, 15) is 4.39 Å². The summed E-state index contributed by atoms with van der Waals surface area (Å²) in [4.78, 5) is 0. The lowest BCUT2D eigenvalue weighted by molar-refractivity contribution is 0.631. The number of benzene rings is 1. The molecule has 3 N–H and O–H groups in total. The van der Waals surface area contributed by atoms with E-state index in [4.69, 9.17) is 17.3 Å². The predicted octanol–water partition coefficient (Wildman–Crippen LogP) is 2.85. The number of aromatic nitrogens is 4. The summed E-state index contributed by atoms with van der Waals surface area (Å²) in [5.41, 5.74) is 7.87. The fourth-order valence-corrected chi connectivity index (χ4v) is 2.35. The second-order valence-electron chi connectivity index (χ2n) is 4.30. The van der Waals surface area contributed by atoms with Crippen molar-refractivity contribution >= 4 is 17.4 Å². The van der Waals surface area contributed by atoms with E-state index < -0.39 is 5.82 Å². The number of aromatic amines is 1. The van der Waals surface area contributed by atoms with Crippen molar-refractivity contribution in [2.24, 2.45) is 7.05 Å². The van der Waals surface area contributed by atoms with Crippen LogP contribution in [-0.4, -0.2) is 20.0 Å². The van der Waals surface area contributed by atoms with Gasteiger partial charge in [0.15, 0.2) is 0 Å². The van der Waals surface area contributed by atoms with Gasteiger partial charge in [-0.05, 0) is 18.2 Å². The number of halogens is 2. The van der Waals surface area contributed by atoms with E-state index in [-0.39, 0.29) is 10.6 Å². The summed E-state index contributed by atoms with van der Waals surface area (Å²) in [6.45, 7) is 0. The molecule has 0 aliphatic rings. The Morgan fingerprint density at radius 2 is 2.10 bits per heavy atom. The average Bonchev–Trinajstić information content (AvgIpc) is 3.01. The van der Waals surface area contributed by atoms with Gasteiger partial charge in [0, 0.05) is 18.8 Å². The second-order valence-corrected chi connectivity index (χ2v) is 4.71. The van der Waals surface area contributed by atoms with Crippen molar-refractivity contribution in [3.63, 3.8) is 0 Å². The second kappa shape index (κ2) is 4.64. The lowest BCUT2D eigenvalue weighted by atomic mass is 10.0. The third-order valence-electron chi connectivity index (χ3n) is 3.06. The van der Waals surface area contributed by atoms with Crippen LogP contribution in [0.1, 0.15) is 0 Å². The third-order valence-corrected chi connectivity index (χ3v) is 3.38. The number of anilines is 1. The molecule has 0 bridgehead atoms. The van der Waals surface area contributed by atoms with Crippen LogP contribution in [0.3, 0.4) is 0 Å². The number of H-pyrrole nitrogens is 1. The van der Waals surface area contributed by atoms with Gasteiger partial charge in [0.1, 0.15) is 17.3 Å². The summed E-state index contributed by atoms with van der Waals surface area (Å²) >= 11 is 6.12. The molecule has 102 valence electrons. The molecule has 1 aromatic carbocycles. The first kappa shape index (κ1) is 12.7. The molecular weight excluding hydrogens is 281 g/mol. The molecule has 0 radical (unpaired) electrons. The van der Waals surface area contributed by atoms with Crippen LogP contribution in [-0.2, 0) is 7.05 Å². The topological polar surface area (TPSA) is 72.5 Å². The van der Waals surface area contributed by atoms with Gasteiger partial charge in [0.2, 0.25) is 0 Å². The molecule has 20 heavy (non-hydrogen) atoms. The summed E-state index contributed by atoms with van der Waals surface area (Å²) < 4.78 is 15.6. The minimum Gasteiger partial charge on any atom is -0.383 e. The SMILES string of the molecule is Cn1nc(-c2ccn[nH]2)c(-c2c(F)cccc2Cl)c1N. The number of hydrogen-bond donors (Lipinski definition) is 2. The van der Waals surface area contributed by atoms with Crippen molar-refractivity contribution in [2.45, 2.75) is 0 Å². The van der Waals surface area contributed by atoms with E-state index in [1.165, 1.54) is 10.7 Å². The molecule has 2 aromatic heterocycles. The van der Waals surface area contributed by atoms with Crippen LogP contribution in [0.2, 0.25) is 5.02 Å². The van der Waals surface area contributed by atoms with Crippen LogP contribution < -0.4 is 5.73 Å². The maximum absolute atomic E-state index is 14.1. The molecule has 5 nitrogen and oxygen atoms in total. The van der Waals surface area contributed by atoms with Crippen LogP contribution >= 0.6 is 11.6 Å². The minimum atomic E-state index is -0.446. The summed E-state index contributed by atoms with van der Waals surface area (Å²) in [5, 5.41) is 11.3. The Hall–Kier alpha value is -2.34. The zero-order valence-corrected chi connectivity index (χ0v) is 11.3. The highest BCUT2D eigenvalue weighted by atomic mass is 35.5. The van der Waals surface area contributed by atoms with Gasteiger partial charge in [0.05, 0.1) is 16.3 Å². The number of nitrogens with zero attached hydrogens (tertiary/aromatic N) is 3. The van der Waals surface area contributed by atoms with Gasteiger partial charge in [-0.3, -0.25) is 9.78 Å². The number of nitrogens with two attached hydrogens (primary N) is 1. The van der Waals surface area contributed by atoms with Crippen molar-refractivity contribution in [3.8, 4) is 22.5 Å². The highest BCUT2D eigenvalue weighted by Crippen LogP contribution is 2.40. The summed E-state index contributed by atoms with van der Waals surface area (Å²) in [6, 6.07) is 6.23. The largest absolute Gasteiger partial charge is 0.383 e. The van der Waals surface area contributed by atoms with Crippen molar-refractivity contribution in [1.29, 1.82) is 0 Å². The van der Waals surface area contributed by atoms with Gasteiger partial charge in [-0.15, -0.1) is 0 Å². The molecule has 0 saturated heterocycles. The highest BCUT2D eigenvalue weighted by Gasteiger charge is 2.22. The van der Waals surface area contributed by atoms with Crippen molar-refractivity contribution in [2.75, 3.05) is 5.73 Å². The molecule has 3 aromatic rings. The minimum absolute atomic E-state index is 0.240. The average molecular weight is 292 g/mol. The fraction of sp³-hybridized carbons (Fsp3) is 0.0769. The molecule has 0 atom stereocenters. The van der Waals surface area contributed by atoms with Crippen LogP contribution in [0.25, 0.3) is 22.5 Å². The van der Waals surface area contributed by atoms with Gasteiger partial charge >= 0.3 is 0 Å². The van der Waals surface area contributed by atoms with Crippen molar-refractivity contribution < 1.29 is 4.39 Å². The van der Waals surface area contributed by atoms with E-state index >= 15 is 0 Å². The molecule has 2 heterocycles. The van der Waals surface area contributed by atoms with Crippen LogP contribution in [0.15, 0.2) is 30.5 Å². The van der Waals surface area contributed by atoms with Crippen LogP contribution in [0.5, 0.6) is 0 Å². The molecule has 3 rings (SSSR count). The first-order valence-electron chi connectivity index (χ1n) is 5.86. The van der Waals surface area contributed by atoms with Gasteiger partial charge < -0.3 is 5.73 Å². The van der Waals surface area contributed by atoms with Crippen LogP contribution in [0.4, 0.5) is 10.2 Å². The Morgan fingerprint density at radius 3 is 2.75 bits per heavy atom. The van der Waals surface area contributed by atoms with Crippen LogP contribution in [0, 0.1) is 5.82 Å². The molecule has 0 fully saturated rings. The maximum Gasteiger partial charge on any atom is 0.132 e. The summed E-state index contributed by atoms with van der Waals surface area (Å²) in [5.74, 6) is -0.112. The van der Waals surface area contributed by atoms with Crippen molar-refractivity contribution in [1.82, 2.24) is 20.0 Å². The molecule has 7 heteroatoms. The Kier molecular flexibility index (Phi) is 2.94. The molecule has 0 aliphatic carbocycles. The zero-order chi connectivity index (χ0) is 14.3. The molecule has 0 amide bonds. The smallest absolute Gasteiger partial charge is 0.132 e. The molecule has 0 spiro atoms. The summed E-state index contributed by atoms with van der Waals surface area (Å²) in [7, 11) is 1.69. The standard InChI is InChI=1S/C13H11ClFN5/c1-20-13(16)11(10-7(14)3-2-4-8(10)15)12(19-20)9-5-6-17-18-9/h2-6H,16H2,1H3,(H,17,18). The van der Waals surface area contributed by atoms with Gasteiger partial charge in [-0.2, -0.15) is 10.2 Å². The number of aryl methyl sites for hydroxylation is 1. The Bertz CT molecular complexity index is 743. The lowest BCUT2D eigenvalue weighted by Crippen LogP contribution is -1.98. The monoisotopic (exact) mass is 291 g/mol. The lowest BCUT2D eigenvalue weighted by Gasteiger charge is -2.07. The number of hydrogen-bond acceptors (Lipinski definition) is 3. The molecule has 0 saturated carbocycles. The first-order chi connectivity index (χ1) is 9.59. The van der Waals surface area contributed by atoms with E-state index in [0.29, 0.717) is 22.8 Å². The molecule has 0 aliphatic heterocycles. The first-order valence-corrected chi connectivity index (χ1v) is 6.24. The Balaban J connectivity index is 2.34. The van der Waals surface area contributed by atoms with E-state index in [1.54, 1.807) is 31.4 Å². The third kappa shape index (κ3) is 1.85. The number of rotatable bonds is 2. The van der Waals surface area contributed by atoms with Gasteiger partial charge in [-0.25, -0.2) is 4.39 Å². The van der Waals surface area contributed by atoms with Crippen molar-refractivity contribution in [3.05, 3.63) is 41.3 Å². The quantitative estimate of drug-likeness (QED) is 0.762. The zero-order valence-electron chi connectivity index (χ0n) is 10.6. The highest BCUT2D eigenvalue weighted by molar-refractivity contribution is 6.33.